The maximum atomic E-state index is 13.0. The van der Waals surface area contributed by atoms with E-state index in [-0.39, 0.29) is 36.2 Å². The van der Waals surface area contributed by atoms with Crippen LogP contribution in [-0.2, 0) is 16.0 Å². The van der Waals surface area contributed by atoms with Crippen molar-refractivity contribution in [2.24, 2.45) is 5.92 Å². The molecule has 3 saturated heterocycles. The zero-order valence-electron chi connectivity index (χ0n) is 15.7. The van der Waals surface area contributed by atoms with Crippen LogP contribution in [-0.4, -0.2) is 82.4 Å². The lowest BCUT2D eigenvalue weighted by Gasteiger charge is -2.35. The molecule has 0 aromatic carbocycles. The van der Waals surface area contributed by atoms with Crippen LogP contribution in [0.5, 0.6) is 0 Å². The normalized spacial score (nSPS) is 22.5. The molecule has 142 valence electrons. The SMILES string of the molecule is CCCc1[nH]ncc1C(=O)N1C[C@@H]2CC[C@H](C1)N(CC(=O)N(C)C)C2=O. The predicted octanol–water partition coefficient (Wildman–Crippen LogP) is 0.513. The van der Waals surface area contributed by atoms with E-state index in [4.69, 9.17) is 0 Å². The van der Waals surface area contributed by atoms with Gasteiger partial charge in [-0.05, 0) is 19.3 Å². The summed E-state index contributed by atoms with van der Waals surface area (Å²) >= 11 is 0. The quantitative estimate of drug-likeness (QED) is 0.828. The number of piperidine rings is 1. The number of aryl methyl sites for hydroxylation is 1. The average Bonchev–Trinajstić information content (AvgIpc) is 2.89. The highest BCUT2D eigenvalue weighted by Gasteiger charge is 2.43. The monoisotopic (exact) mass is 361 g/mol. The van der Waals surface area contributed by atoms with Gasteiger partial charge in [-0.1, -0.05) is 13.3 Å². The van der Waals surface area contributed by atoms with Crippen molar-refractivity contribution >= 4 is 17.7 Å². The van der Waals surface area contributed by atoms with E-state index in [1.54, 1.807) is 30.1 Å². The summed E-state index contributed by atoms with van der Waals surface area (Å²) in [5.41, 5.74) is 1.44. The minimum atomic E-state index is -0.228. The van der Waals surface area contributed by atoms with Crippen molar-refractivity contribution in [3.8, 4) is 0 Å². The van der Waals surface area contributed by atoms with E-state index in [0.29, 0.717) is 18.7 Å². The minimum Gasteiger partial charge on any atom is -0.347 e. The number of aromatic amines is 1. The number of likely N-dealkylation sites (N-methyl/N-ethyl adjacent to an activating group) is 1. The van der Waals surface area contributed by atoms with Gasteiger partial charge < -0.3 is 14.7 Å². The van der Waals surface area contributed by atoms with Gasteiger partial charge in [0.2, 0.25) is 11.8 Å². The number of hydrogen-bond donors (Lipinski definition) is 1. The Hall–Kier alpha value is -2.38. The Balaban J connectivity index is 1.78. The first-order chi connectivity index (χ1) is 12.4. The first-order valence-electron chi connectivity index (χ1n) is 9.24. The lowest BCUT2D eigenvalue weighted by Crippen LogP contribution is -2.51. The van der Waals surface area contributed by atoms with E-state index in [9.17, 15) is 14.4 Å². The molecule has 3 fully saturated rings. The van der Waals surface area contributed by atoms with Gasteiger partial charge in [0.05, 0.1) is 17.7 Å². The fourth-order valence-corrected chi connectivity index (χ4v) is 3.81. The van der Waals surface area contributed by atoms with Gasteiger partial charge >= 0.3 is 0 Å². The van der Waals surface area contributed by atoms with Gasteiger partial charge in [-0.2, -0.15) is 5.10 Å². The summed E-state index contributed by atoms with van der Waals surface area (Å²) in [5.74, 6) is -0.404. The topological polar surface area (TPSA) is 89.6 Å². The van der Waals surface area contributed by atoms with E-state index in [0.717, 1.165) is 31.4 Å². The summed E-state index contributed by atoms with van der Waals surface area (Å²) in [6.07, 6.45) is 4.87. The molecule has 1 aromatic heterocycles. The molecule has 4 rings (SSSR count). The second kappa shape index (κ2) is 7.47. The second-order valence-electron chi connectivity index (χ2n) is 7.40. The lowest BCUT2D eigenvalue weighted by atomic mass is 9.94. The number of carbonyl (C=O) groups excluding carboxylic acids is 3. The van der Waals surface area contributed by atoms with Gasteiger partial charge in [0, 0.05) is 38.9 Å². The van der Waals surface area contributed by atoms with Crippen LogP contribution < -0.4 is 0 Å². The van der Waals surface area contributed by atoms with Crippen LogP contribution in [0.25, 0.3) is 0 Å². The molecule has 0 saturated carbocycles. The lowest BCUT2D eigenvalue weighted by molar-refractivity contribution is -0.145. The maximum absolute atomic E-state index is 13.0. The van der Waals surface area contributed by atoms with Crippen molar-refractivity contribution in [2.75, 3.05) is 33.7 Å². The van der Waals surface area contributed by atoms with Gasteiger partial charge in [0.1, 0.15) is 6.54 Å². The first-order valence-corrected chi connectivity index (χ1v) is 9.24. The molecular formula is C18H27N5O3. The number of H-pyrrole nitrogens is 1. The zero-order valence-corrected chi connectivity index (χ0v) is 15.7. The molecule has 0 radical (unpaired) electrons. The third-order valence-electron chi connectivity index (χ3n) is 5.33. The molecule has 3 aliphatic rings. The van der Waals surface area contributed by atoms with Gasteiger partial charge in [0.15, 0.2) is 0 Å². The van der Waals surface area contributed by atoms with E-state index in [1.165, 1.54) is 4.90 Å². The van der Waals surface area contributed by atoms with Crippen LogP contribution >= 0.6 is 0 Å². The summed E-state index contributed by atoms with van der Waals surface area (Å²) in [5, 5.41) is 6.93. The van der Waals surface area contributed by atoms with E-state index in [1.807, 2.05) is 0 Å². The smallest absolute Gasteiger partial charge is 0.257 e. The van der Waals surface area contributed by atoms with Crippen molar-refractivity contribution < 1.29 is 14.4 Å². The van der Waals surface area contributed by atoms with Crippen molar-refractivity contribution in [1.82, 2.24) is 24.9 Å². The van der Waals surface area contributed by atoms with E-state index >= 15 is 0 Å². The minimum absolute atomic E-state index is 0.00674. The molecule has 0 unspecified atom stereocenters. The summed E-state index contributed by atoms with van der Waals surface area (Å²) in [7, 11) is 3.37. The maximum Gasteiger partial charge on any atom is 0.257 e. The Morgan fingerprint density at radius 3 is 2.77 bits per heavy atom. The Morgan fingerprint density at radius 2 is 2.08 bits per heavy atom. The molecule has 3 aliphatic heterocycles. The molecular weight excluding hydrogens is 334 g/mol. The Kier molecular flexibility index (Phi) is 5.29. The summed E-state index contributed by atoms with van der Waals surface area (Å²) in [4.78, 5) is 42.9. The molecule has 26 heavy (non-hydrogen) atoms. The zero-order chi connectivity index (χ0) is 18.8. The molecule has 2 atom stereocenters. The van der Waals surface area contributed by atoms with Crippen molar-refractivity contribution in [3.63, 3.8) is 0 Å². The molecule has 8 heteroatoms. The third-order valence-corrected chi connectivity index (χ3v) is 5.33. The summed E-state index contributed by atoms with van der Waals surface area (Å²) < 4.78 is 0. The predicted molar refractivity (Wildman–Crippen MR) is 95.4 cm³/mol. The Labute approximate surface area is 153 Å². The Morgan fingerprint density at radius 1 is 1.31 bits per heavy atom. The number of nitrogens with zero attached hydrogens (tertiary/aromatic N) is 4. The molecule has 1 N–H and O–H groups in total. The van der Waals surface area contributed by atoms with Gasteiger partial charge in [-0.25, -0.2) is 0 Å². The fourth-order valence-electron chi connectivity index (χ4n) is 3.81. The van der Waals surface area contributed by atoms with E-state index in [2.05, 4.69) is 17.1 Å². The van der Waals surface area contributed by atoms with Crippen molar-refractivity contribution in [2.45, 2.75) is 38.6 Å². The number of carbonyl (C=O) groups is 3. The van der Waals surface area contributed by atoms with Crippen LogP contribution in [0.1, 0.15) is 42.2 Å². The number of rotatable bonds is 5. The molecule has 3 amide bonds. The molecule has 8 nitrogen and oxygen atoms in total. The highest BCUT2D eigenvalue weighted by atomic mass is 16.2. The fraction of sp³-hybridized carbons (Fsp3) is 0.667. The number of nitrogens with one attached hydrogen (secondary N) is 1. The third kappa shape index (κ3) is 3.45. The van der Waals surface area contributed by atoms with Gasteiger partial charge in [0.25, 0.3) is 5.91 Å². The van der Waals surface area contributed by atoms with Crippen LogP contribution in [0.4, 0.5) is 0 Å². The number of amides is 3. The molecule has 1 aromatic rings. The molecule has 2 bridgehead atoms. The molecule has 4 heterocycles. The van der Waals surface area contributed by atoms with Gasteiger partial charge in [-0.3, -0.25) is 19.5 Å². The van der Waals surface area contributed by atoms with E-state index < -0.39 is 0 Å². The largest absolute Gasteiger partial charge is 0.347 e. The van der Waals surface area contributed by atoms with Gasteiger partial charge in [-0.15, -0.1) is 0 Å². The van der Waals surface area contributed by atoms with Crippen LogP contribution in [0.2, 0.25) is 0 Å². The van der Waals surface area contributed by atoms with Crippen LogP contribution in [0.3, 0.4) is 0 Å². The van der Waals surface area contributed by atoms with Crippen LogP contribution in [0, 0.1) is 5.92 Å². The molecule has 0 spiro atoms. The highest BCUT2D eigenvalue weighted by molar-refractivity contribution is 5.96. The first kappa shape index (κ1) is 18.4. The van der Waals surface area contributed by atoms with Crippen molar-refractivity contribution in [3.05, 3.63) is 17.5 Å². The van der Waals surface area contributed by atoms with Crippen molar-refractivity contribution in [1.29, 1.82) is 0 Å². The summed E-state index contributed by atoms with van der Waals surface area (Å²) in [6, 6.07) is -0.101. The number of hydrogen-bond acceptors (Lipinski definition) is 4. The highest BCUT2D eigenvalue weighted by Crippen LogP contribution is 2.30. The second-order valence-corrected chi connectivity index (χ2v) is 7.40. The molecule has 0 aliphatic carbocycles. The number of aromatic nitrogens is 2. The number of fused-ring (bicyclic) bond motifs is 4. The Bertz CT molecular complexity index is 699. The van der Waals surface area contributed by atoms with Crippen LogP contribution in [0.15, 0.2) is 6.20 Å². The standard InChI is InChI=1S/C18H27N5O3/c1-4-5-15-14(8-19-20-15)18(26)22-9-12-6-7-13(10-22)23(17(12)25)11-16(24)21(2)3/h8,12-13H,4-7,9-11H2,1-3H3,(H,19,20)/t12-,13+/m0/s1. The average molecular weight is 361 g/mol. The summed E-state index contributed by atoms with van der Waals surface area (Å²) in [6.45, 7) is 3.03.